The lowest BCUT2D eigenvalue weighted by Crippen LogP contribution is -2.14. The van der Waals surface area contributed by atoms with Crippen molar-refractivity contribution in [1.82, 2.24) is 4.98 Å². The Kier molecular flexibility index (Phi) is 4.41. The van der Waals surface area contributed by atoms with Crippen LogP contribution in [0.15, 0.2) is 42.5 Å². The summed E-state index contributed by atoms with van der Waals surface area (Å²) in [4.78, 5) is 16.7. The van der Waals surface area contributed by atoms with Crippen LogP contribution in [0, 0.1) is 0 Å². The minimum absolute atomic E-state index is 0.106. The summed E-state index contributed by atoms with van der Waals surface area (Å²) in [5, 5.41) is 4.11. The number of fused-ring (bicyclic) bond motifs is 1. The zero-order chi connectivity index (χ0) is 15.5. The fraction of sp³-hybridized carbons (Fsp3) is 0.176. The van der Waals surface area contributed by atoms with Crippen LogP contribution in [-0.4, -0.2) is 10.9 Å². The molecule has 0 unspecified atom stereocenters. The molecule has 3 aromatic rings. The van der Waals surface area contributed by atoms with Crippen LogP contribution in [0.1, 0.15) is 18.1 Å². The second-order valence-corrected chi connectivity index (χ2v) is 6.39. The Morgan fingerprint density at radius 2 is 1.95 bits per heavy atom. The van der Waals surface area contributed by atoms with Crippen LogP contribution in [0.4, 0.5) is 5.13 Å². The zero-order valence-corrected chi connectivity index (χ0v) is 13.7. The van der Waals surface area contributed by atoms with Gasteiger partial charge in [0.2, 0.25) is 5.91 Å². The fourth-order valence-electron chi connectivity index (χ4n) is 2.32. The van der Waals surface area contributed by atoms with Gasteiger partial charge in [-0.1, -0.05) is 60.2 Å². The molecule has 1 N–H and O–H groups in total. The summed E-state index contributed by atoms with van der Waals surface area (Å²) in [6, 6.07) is 13.5. The van der Waals surface area contributed by atoms with Crippen molar-refractivity contribution in [3.63, 3.8) is 0 Å². The first-order valence-electron chi connectivity index (χ1n) is 7.09. The predicted octanol–water partition coefficient (Wildman–Crippen LogP) is 4.69. The third-order valence-electron chi connectivity index (χ3n) is 3.44. The van der Waals surface area contributed by atoms with Gasteiger partial charge in [-0.3, -0.25) is 4.79 Å². The number of amides is 1. The van der Waals surface area contributed by atoms with E-state index >= 15 is 0 Å². The lowest BCUT2D eigenvalue weighted by atomic mass is 10.1. The Hall–Kier alpha value is -1.91. The summed E-state index contributed by atoms with van der Waals surface area (Å²) in [5.41, 5.74) is 2.99. The number of halogens is 1. The lowest BCUT2D eigenvalue weighted by molar-refractivity contribution is -0.115. The molecule has 0 atom stereocenters. The average molecular weight is 331 g/mol. The normalized spacial score (nSPS) is 10.8. The van der Waals surface area contributed by atoms with Crippen molar-refractivity contribution < 1.29 is 4.79 Å². The largest absolute Gasteiger partial charge is 0.302 e. The van der Waals surface area contributed by atoms with Crippen molar-refractivity contribution in [2.45, 2.75) is 19.8 Å². The molecule has 0 aliphatic heterocycles. The maximum Gasteiger partial charge on any atom is 0.230 e. The Morgan fingerprint density at radius 3 is 2.73 bits per heavy atom. The molecular formula is C17H15ClN2OS. The maximum absolute atomic E-state index is 12.2. The number of carbonyl (C=O) groups is 1. The van der Waals surface area contributed by atoms with Crippen molar-refractivity contribution in [2.75, 3.05) is 5.32 Å². The van der Waals surface area contributed by atoms with Gasteiger partial charge in [0, 0.05) is 5.02 Å². The van der Waals surface area contributed by atoms with Gasteiger partial charge in [0.05, 0.1) is 16.6 Å². The highest BCUT2D eigenvalue weighted by molar-refractivity contribution is 7.22. The molecule has 112 valence electrons. The van der Waals surface area contributed by atoms with Gasteiger partial charge in [-0.15, -0.1) is 0 Å². The van der Waals surface area contributed by atoms with E-state index in [4.69, 9.17) is 11.6 Å². The van der Waals surface area contributed by atoms with E-state index in [0.29, 0.717) is 10.2 Å². The van der Waals surface area contributed by atoms with Crippen LogP contribution in [0.2, 0.25) is 5.02 Å². The van der Waals surface area contributed by atoms with Gasteiger partial charge in [-0.25, -0.2) is 4.98 Å². The van der Waals surface area contributed by atoms with Crippen molar-refractivity contribution in [1.29, 1.82) is 0 Å². The highest BCUT2D eigenvalue weighted by atomic mass is 35.5. The quantitative estimate of drug-likeness (QED) is 0.753. The highest BCUT2D eigenvalue weighted by Gasteiger charge is 2.11. The first kappa shape index (κ1) is 15.0. The topological polar surface area (TPSA) is 42.0 Å². The number of aromatic nitrogens is 1. The van der Waals surface area contributed by atoms with E-state index in [1.807, 2.05) is 30.3 Å². The van der Waals surface area contributed by atoms with Gasteiger partial charge in [0.15, 0.2) is 5.13 Å². The summed E-state index contributed by atoms with van der Waals surface area (Å²) in [6.07, 6.45) is 1.17. The number of nitrogens with one attached hydrogen (secondary N) is 1. The number of carbonyl (C=O) groups excluding carboxylic acids is 1. The molecule has 0 saturated heterocycles. The molecule has 3 nitrogen and oxygen atoms in total. The molecular weight excluding hydrogens is 316 g/mol. The SMILES string of the molecule is CCc1cccc2sc(NC(=O)Cc3ccccc3Cl)nc12. The van der Waals surface area contributed by atoms with Crippen molar-refractivity contribution in [3.05, 3.63) is 58.6 Å². The number of benzene rings is 2. The lowest BCUT2D eigenvalue weighted by Gasteiger charge is -2.03. The standard InChI is InChI=1S/C17H15ClN2OS/c1-2-11-7-5-9-14-16(11)20-17(22-14)19-15(21)10-12-6-3-4-8-13(12)18/h3-9H,2,10H2,1H3,(H,19,20,21). The van der Waals surface area contributed by atoms with Crippen molar-refractivity contribution in [3.8, 4) is 0 Å². The number of aryl methyl sites for hydroxylation is 1. The fourth-order valence-corrected chi connectivity index (χ4v) is 3.46. The van der Waals surface area contributed by atoms with Crippen LogP contribution in [0.3, 0.4) is 0 Å². The third-order valence-corrected chi connectivity index (χ3v) is 4.74. The summed E-state index contributed by atoms with van der Waals surface area (Å²) < 4.78 is 1.09. The zero-order valence-electron chi connectivity index (χ0n) is 12.1. The molecule has 0 radical (unpaired) electrons. The highest BCUT2D eigenvalue weighted by Crippen LogP contribution is 2.28. The van der Waals surface area contributed by atoms with Crippen molar-refractivity contribution >= 4 is 44.2 Å². The molecule has 1 aromatic heterocycles. The molecule has 22 heavy (non-hydrogen) atoms. The molecule has 0 aliphatic rings. The number of hydrogen-bond acceptors (Lipinski definition) is 3. The van der Waals surface area contributed by atoms with E-state index in [2.05, 4.69) is 23.3 Å². The Bertz CT molecular complexity index is 828. The number of nitrogens with zero attached hydrogens (tertiary/aromatic N) is 1. The van der Waals surface area contributed by atoms with Crippen molar-refractivity contribution in [2.24, 2.45) is 0 Å². The van der Waals surface area contributed by atoms with E-state index in [9.17, 15) is 4.79 Å². The maximum atomic E-state index is 12.2. The minimum atomic E-state index is -0.106. The van der Waals surface area contributed by atoms with Crippen LogP contribution < -0.4 is 5.32 Å². The van der Waals surface area contributed by atoms with Crippen LogP contribution >= 0.6 is 22.9 Å². The molecule has 2 aromatic carbocycles. The number of thiazole rings is 1. The Balaban J connectivity index is 1.78. The average Bonchev–Trinajstić information content (AvgIpc) is 2.91. The summed E-state index contributed by atoms with van der Waals surface area (Å²) >= 11 is 7.58. The monoisotopic (exact) mass is 330 g/mol. The molecule has 3 rings (SSSR count). The Labute approximate surface area is 138 Å². The van der Waals surface area contributed by atoms with Crippen LogP contribution in [0.25, 0.3) is 10.2 Å². The van der Waals surface area contributed by atoms with E-state index in [-0.39, 0.29) is 12.3 Å². The van der Waals surface area contributed by atoms with Gasteiger partial charge >= 0.3 is 0 Å². The van der Waals surface area contributed by atoms with E-state index in [0.717, 1.165) is 22.2 Å². The van der Waals surface area contributed by atoms with Gasteiger partial charge in [-0.2, -0.15) is 0 Å². The predicted molar refractivity (Wildman–Crippen MR) is 92.8 cm³/mol. The van der Waals surface area contributed by atoms with Crippen LogP contribution in [0.5, 0.6) is 0 Å². The Morgan fingerprint density at radius 1 is 1.18 bits per heavy atom. The number of rotatable bonds is 4. The van der Waals surface area contributed by atoms with Gasteiger partial charge in [-0.05, 0) is 29.7 Å². The second kappa shape index (κ2) is 6.46. The molecule has 1 heterocycles. The summed E-state index contributed by atoms with van der Waals surface area (Å²) in [6.45, 7) is 2.10. The van der Waals surface area contributed by atoms with Gasteiger partial charge < -0.3 is 5.32 Å². The minimum Gasteiger partial charge on any atom is -0.302 e. The molecule has 0 saturated carbocycles. The van der Waals surface area contributed by atoms with Crippen LogP contribution in [-0.2, 0) is 17.6 Å². The molecule has 5 heteroatoms. The first-order chi connectivity index (χ1) is 10.7. The van der Waals surface area contributed by atoms with Gasteiger partial charge in [0.25, 0.3) is 0 Å². The molecule has 0 fully saturated rings. The smallest absolute Gasteiger partial charge is 0.230 e. The molecule has 0 aliphatic carbocycles. The molecule has 1 amide bonds. The summed E-state index contributed by atoms with van der Waals surface area (Å²) in [5.74, 6) is -0.106. The van der Waals surface area contributed by atoms with Gasteiger partial charge in [0.1, 0.15) is 0 Å². The number of anilines is 1. The second-order valence-electron chi connectivity index (χ2n) is 4.95. The van der Waals surface area contributed by atoms with E-state index in [1.54, 1.807) is 6.07 Å². The number of hydrogen-bond donors (Lipinski definition) is 1. The molecule has 0 spiro atoms. The molecule has 0 bridgehead atoms. The third kappa shape index (κ3) is 3.13. The first-order valence-corrected chi connectivity index (χ1v) is 8.28. The van der Waals surface area contributed by atoms with E-state index < -0.39 is 0 Å². The van der Waals surface area contributed by atoms with E-state index in [1.165, 1.54) is 16.9 Å². The summed E-state index contributed by atoms with van der Waals surface area (Å²) in [7, 11) is 0. The number of para-hydroxylation sites is 1.